The highest BCUT2D eigenvalue weighted by molar-refractivity contribution is 5.93. The summed E-state index contributed by atoms with van der Waals surface area (Å²) in [6.07, 6.45) is -8.15. The Morgan fingerprint density at radius 2 is 1.72 bits per heavy atom. The van der Waals surface area contributed by atoms with Crippen LogP contribution in [0, 0.1) is 0 Å². The average Bonchev–Trinajstić information content (AvgIpc) is 2.29. The largest absolute Gasteiger partial charge is 0.481 e. The first-order chi connectivity index (χ1) is 8.36. The molecule has 9 heteroatoms. The number of hydrogen-bond acceptors (Lipinski definition) is 7. The van der Waals surface area contributed by atoms with Crippen molar-refractivity contribution in [2.24, 2.45) is 0 Å². The number of ether oxygens (including phenoxy) is 1. The fourth-order valence-corrected chi connectivity index (χ4v) is 1.57. The van der Waals surface area contributed by atoms with Crippen LogP contribution in [0.5, 0.6) is 0 Å². The Kier molecular flexibility index (Phi) is 4.99. The second-order valence-electron chi connectivity index (χ2n) is 3.89. The number of aliphatic carboxylic acids is 1. The van der Waals surface area contributed by atoms with E-state index in [1.54, 1.807) is 0 Å². The smallest absolute Gasteiger partial charge is 0.312 e. The summed E-state index contributed by atoms with van der Waals surface area (Å²) >= 11 is 0. The summed E-state index contributed by atoms with van der Waals surface area (Å²) in [4.78, 5) is 21.4. The zero-order chi connectivity index (χ0) is 13.9. The third-order valence-electron chi connectivity index (χ3n) is 2.51. The molecule has 9 nitrogen and oxygen atoms in total. The number of nitrogens with one attached hydrogen (secondary N) is 1. The van der Waals surface area contributed by atoms with E-state index in [1.807, 2.05) is 5.32 Å². The van der Waals surface area contributed by atoms with Gasteiger partial charge in [0.15, 0.2) is 6.23 Å². The van der Waals surface area contributed by atoms with Crippen LogP contribution in [0.15, 0.2) is 0 Å². The molecule has 18 heavy (non-hydrogen) atoms. The van der Waals surface area contributed by atoms with Gasteiger partial charge in [-0.05, 0) is 0 Å². The van der Waals surface area contributed by atoms with Crippen LogP contribution >= 0.6 is 0 Å². The van der Waals surface area contributed by atoms with Gasteiger partial charge in [-0.2, -0.15) is 0 Å². The van der Waals surface area contributed by atoms with Crippen LogP contribution in [-0.2, 0) is 14.3 Å². The molecule has 0 aromatic rings. The van der Waals surface area contributed by atoms with Gasteiger partial charge in [-0.3, -0.25) is 9.59 Å². The molecule has 1 amide bonds. The molecule has 0 bridgehead atoms. The third-order valence-corrected chi connectivity index (χ3v) is 2.51. The van der Waals surface area contributed by atoms with Crippen molar-refractivity contribution < 1.29 is 39.9 Å². The molecule has 1 heterocycles. The highest BCUT2D eigenvalue weighted by Crippen LogP contribution is 2.19. The Labute approximate surface area is 102 Å². The van der Waals surface area contributed by atoms with E-state index in [0.29, 0.717) is 0 Å². The minimum absolute atomic E-state index is 0.629. The predicted octanol–water partition coefficient (Wildman–Crippen LogP) is -3.62. The van der Waals surface area contributed by atoms with Crippen molar-refractivity contribution in [2.45, 2.75) is 37.1 Å². The van der Waals surface area contributed by atoms with Crippen molar-refractivity contribution in [3.8, 4) is 0 Å². The molecule has 0 aromatic carbocycles. The summed E-state index contributed by atoms with van der Waals surface area (Å²) in [5.41, 5.74) is 0. The molecule has 0 saturated carbocycles. The van der Waals surface area contributed by atoms with Crippen molar-refractivity contribution in [2.75, 3.05) is 6.61 Å². The highest BCUT2D eigenvalue weighted by Gasteiger charge is 2.43. The molecule has 0 unspecified atom stereocenters. The summed E-state index contributed by atoms with van der Waals surface area (Å²) in [6, 6.07) is 0. The zero-order valence-corrected chi connectivity index (χ0v) is 9.26. The number of hydrogen-bond donors (Lipinski definition) is 6. The van der Waals surface area contributed by atoms with Crippen LogP contribution in [0.25, 0.3) is 0 Å². The molecular formula is C9H15NO8. The van der Waals surface area contributed by atoms with Gasteiger partial charge < -0.3 is 35.6 Å². The van der Waals surface area contributed by atoms with Crippen LogP contribution < -0.4 is 5.32 Å². The quantitative estimate of drug-likeness (QED) is 0.284. The minimum Gasteiger partial charge on any atom is -0.481 e. The Morgan fingerprint density at radius 1 is 1.11 bits per heavy atom. The lowest BCUT2D eigenvalue weighted by Gasteiger charge is -2.40. The maximum Gasteiger partial charge on any atom is 0.312 e. The minimum atomic E-state index is -1.62. The molecule has 0 aromatic heterocycles. The molecule has 0 radical (unpaired) electrons. The SMILES string of the molecule is O=C(O)CC(=O)N[C@@H]1O[C@H](CO)[C@H](O)[C@H](O)[C@H]1O. The number of amides is 1. The van der Waals surface area contributed by atoms with Gasteiger partial charge in [-0.15, -0.1) is 0 Å². The highest BCUT2D eigenvalue weighted by atomic mass is 16.6. The van der Waals surface area contributed by atoms with Crippen LogP contribution in [0.1, 0.15) is 6.42 Å². The maximum atomic E-state index is 11.2. The van der Waals surface area contributed by atoms with E-state index in [2.05, 4.69) is 0 Å². The molecule has 1 aliphatic heterocycles. The molecule has 1 aliphatic rings. The second-order valence-corrected chi connectivity index (χ2v) is 3.89. The van der Waals surface area contributed by atoms with Crippen molar-refractivity contribution in [1.82, 2.24) is 5.32 Å². The molecule has 0 spiro atoms. The summed E-state index contributed by atoms with van der Waals surface area (Å²) in [5, 5.41) is 47.7. The predicted molar refractivity (Wildman–Crippen MR) is 54.2 cm³/mol. The normalized spacial score (nSPS) is 36.1. The lowest BCUT2D eigenvalue weighted by molar-refractivity contribution is -0.236. The second kappa shape index (κ2) is 6.07. The van der Waals surface area contributed by atoms with Crippen molar-refractivity contribution in [3.05, 3.63) is 0 Å². The van der Waals surface area contributed by atoms with E-state index in [0.717, 1.165) is 0 Å². The van der Waals surface area contributed by atoms with Gasteiger partial charge in [0.05, 0.1) is 6.61 Å². The molecular weight excluding hydrogens is 250 g/mol. The molecule has 5 atom stereocenters. The number of carbonyl (C=O) groups excluding carboxylic acids is 1. The van der Waals surface area contributed by atoms with E-state index < -0.39 is 55.5 Å². The third kappa shape index (κ3) is 3.37. The standard InChI is InChI=1S/C9H15NO8/c11-2-3-6(15)7(16)8(17)9(18-3)10-4(12)1-5(13)14/h3,6-9,11,15-17H,1-2H2,(H,10,12)(H,13,14)/t3-,6+,7+,8-,9-/m1/s1. The van der Waals surface area contributed by atoms with Gasteiger partial charge in [0, 0.05) is 0 Å². The lowest BCUT2D eigenvalue weighted by atomic mass is 9.98. The fourth-order valence-electron chi connectivity index (χ4n) is 1.57. The summed E-state index contributed by atoms with van der Waals surface area (Å²) in [6.45, 7) is -0.629. The number of aliphatic hydroxyl groups is 4. The van der Waals surface area contributed by atoms with Gasteiger partial charge in [0.1, 0.15) is 30.8 Å². The lowest BCUT2D eigenvalue weighted by Crippen LogP contribution is -2.63. The Balaban J connectivity index is 2.64. The first kappa shape index (κ1) is 14.8. The molecule has 1 saturated heterocycles. The zero-order valence-electron chi connectivity index (χ0n) is 9.26. The van der Waals surface area contributed by atoms with E-state index in [-0.39, 0.29) is 0 Å². The maximum absolute atomic E-state index is 11.2. The Bertz CT molecular complexity index is 320. The van der Waals surface area contributed by atoms with Gasteiger partial charge in [0.25, 0.3) is 0 Å². The summed E-state index contributed by atoms with van der Waals surface area (Å²) in [7, 11) is 0. The average molecular weight is 265 g/mol. The first-order valence-corrected chi connectivity index (χ1v) is 5.18. The van der Waals surface area contributed by atoms with Crippen LogP contribution in [0.4, 0.5) is 0 Å². The van der Waals surface area contributed by atoms with Crippen molar-refractivity contribution in [1.29, 1.82) is 0 Å². The van der Waals surface area contributed by atoms with E-state index in [9.17, 15) is 24.9 Å². The Hall–Kier alpha value is -1.26. The monoisotopic (exact) mass is 265 g/mol. The van der Waals surface area contributed by atoms with E-state index >= 15 is 0 Å². The number of carboxylic acids is 1. The van der Waals surface area contributed by atoms with Gasteiger partial charge >= 0.3 is 5.97 Å². The van der Waals surface area contributed by atoms with Crippen LogP contribution in [0.3, 0.4) is 0 Å². The van der Waals surface area contributed by atoms with Gasteiger partial charge in [0.2, 0.25) is 5.91 Å². The number of carboxylic acid groups (broad SMARTS) is 1. The fraction of sp³-hybridized carbons (Fsp3) is 0.778. The molecule has 6 N–H and O–H groups in total. The van der Waals surface area contributed by atoms with Crippen LogP contribution in [0.2, 0.25) is 0 Å². The van der Waals surface area contributed by atoms with Gasteiger partial charge in [-0.1, -0.05) is 0 Å². The van der Waals surface area contributed by atoms with Crippen molar-refractivity contribution >= 4 is 11.9 Å². The number of aliphatic hydroxyl groups excluding tert-OH is 4. The summed E-state index contributed by atoms with van der Waals surface area (Å²) in [5.74, 6) is -2.29. The molecule has 1 fully saturated rings. The topological polar surface area (TPSA) is 157 Å². The number of rotatable bonds is 4. The van der Waals surface area contributed by atoms with Gasteiger partial charge in [-0.25, -0.2) is 0 Å². The first-order valence-electron chi connectivity index (χ1n) is 5.18. The molecule has 1 rings (SSSR count). The Morgan fingerprint density at radius 3 is 2.22 bits per heavy atom. The summed E-state index contributed by atoms with van der Waals surface area (Å²) < 4.78 is 4.95. The van der Waals surface area contributed by atoms with Crippen LogP contribution in [-0.4, -0.2) is 74.7 Å². The van der Waals surface area contributed by atoms with Crippen molar-refractivity contribution in [3.63, 3.8) is 0 Å². The van der Waals surface area contributed by atoms with E-state index in [1.165, 1.54) is 0 Å². The molecule has 104 valence electrons. The number of carbonyl (C=O) groups is 2. The molecule has 0 aliphatic carbocycles. The van der Waals surface area contributed by atoms with E-state index in [4.69, 9.17) is 14.9 Å².